The van der Waals surface area contributed by atoms with Gasteiger partial charge in [0.25, 0.3) is 0 Å². The van der Waals surface area contributed by atoms with E-state index in [1.54, 1.807) is 0 Å². The topological polar surface area (TPSA) is 23.8 Å². The molecule has 0 saturated heterocycles. The highest BCUT2D eigenvalue weighted by Crippen LogP contribution is 2.59. The first kappa shape index (κ1) is 12.7. The van der Waals surface area contributed by atoms with E-state index in [0.29, 0.717) is 10.8 Å². The molecule has 0 atom stereocenters. The lowest BCUT2D eigenvalue weighted by Crippen LogP contribution is -2.44. The number of nitrogens with zero attached hydrogens (tertiary/aromatic N) is 1. The molecule has 0 heterocycles. The minimum atomic E-state index is 0.434. The molecule has 1 heteroatoms. The van der Waals surface area contributed by atoms with E-state index in [1.165, 1.54) is 56.9 Å². The third-order valence-electron chi connectivity index (χ3n) is 5.81. The summed E-state index contributed by atoms with van der Waals surface area (Å²) in [5.41, 5.74) is 3.38. The maximum absolute atomic E-state index is 8.91. The lowest BCUT2D eigenvalue weighted by molar-refractivity contribution is 0.0320. The summed E-state index contributed by atoms with van der Waals surface area (Å²) >= 11 is 0. The van der Waals surface area contributed by atoms with Gasteiger partial charge in [0, 0.05) is 0 Å². The molecule has 0 spiro atoms. The van der Waals surface area contributed by atoms with E-state index in [-0.39, 0.29) is 0 Å². The first-order valence-corrected chi connectivity index (χ1v) is 7.73. The van der Waals surface area contributed by atoms with Crippen molar-refractivity contribution in [1.82, 2.24) is 0 Å². The molecular weight excluding hydrogens is 230 g/mol. The third-order valence-corrected chi connectivity index (χ3v) is 5.81. The summed E-state index contributed by atoms with van der Waals surface area (Å²) in [6, 6.07) is 10.6. The van der Waals surface area contributed by atoms with Gasteiger partial charge in [0.1, 0.15) is 0 Å². The van der Waals surface area contributed by atoms with E-state index in [4.69, 9.17) is 5.26 Å². The fourth-order valence-electron chi connectivity index (χ4n) is 4.50. The third kappa shape index (κ3) is 2.08. The molecule has 0 aromatic heterocycles. The van der Waals surface area contributed by atoms with E-state index < -0.39 is 0 Å². The van der Waals surface area contributed by atoms with Gasteiger partial charge in [-0.15, -0.1) is 0 Å². The molecule has 3 fully saturated rings. The van der Waals surface area contributed by atoms with Gasteiger partial charge in [-0.05, 0) is 73.5 Å². The number of hydrogen-bond acceptors (Lipinski definition) is 1. The van der Waals surface area contributed by atoms with Crippen molar-refractivity contribution in [1.29, 1.82) is 5.26 Å². The van der Waals surface area contributed by atoms with E-state index in [2.05, 4.69) is 25.1 Å². The maximum Gasteiger partial charge on any atom is 0.0991 e. The van der Waals surface area contributed by atoms with Gasteiger partial charge in [-0.25, -0.2) is 0 Å². The van der Waals surface area contributed by atoms with Crippen LogP contribution in [0.4, 0.5) is 0 Å². The molecule has 0 aliphatic heterocycles. The highest BCUT2D eigenvalue weighted by Gasteiger charge is 2.48. The van der Waals surface area contributed by atoms with Crippen LogP contribution in [0.1, 0.15) is 69.4 Å². The quantitative estimate of drug-likeness (QED) is 0.747. The smallest absolute Gasteiger partial charge is 0.0991 e. The van der Waals surface area contributed by atoms with E-state index in [1.807, 2.05) is 12.1 Å². The summed E-state index contributed by atoms with van der Waals surface area (Å²) in [6.45, 7) is 2.33. The molecule has 2 bridgehead atoms. The Labute approximate surface area is 116 Å². The zero-order chi connectivity index (χ0) is 13.3. The second kappa shape index (κ2) is 4.67. The Kier molecular flexibility index (Phi) is 3.13. The molecule has 0 radical (unpaired) electrons. The number of fused-ring (bicyclic) bond motifs is 3. The summed E-state index contributed by atoms with van der Waals surface area (Å²) in [6.07, 6.45) is 11.1. The number of benzene rings is 1. The van der Waals surface area contributed by atoms with Crippen molar-refractivity contribution in [3.63, 3.8) is 0 Å². The van der Waals surface area contributed by atoms with Gasteiger partial charge in [-0.3, -0.25) is 0 Å². The van der Waals surface area contributed by atoms with Crippen LogP contribution in [0.25, 0.3) is 0 Å². The summed E-state index contributed by atoms with van der Waals surface area (Å²) in [4.78, 5) is 0. The highest BCUT2D eigenvalue weighted by molar-refractivity contribution is 5.36. The molecule has 0 N–H and O–H groups in total. The van der Waals surface area contributed by atoms with Crippen molar-refractivity contribution < 1.29 is 0 Å². The average Bonchev–Trinajstić information content (AvgIpc) is 2.49. The van der Waals surface area contributed by atoms with Crippen molar-refractivity contribution in [2.75, 3.05) is 0 Å². The summed E-state index contributed by atoms with van der Waals surface area (Å²) in [5.74, 6) is 0. The molecule has 19 heavy (non-hydrogen) atoms. The predicted octanol–water partition coefficient (Wildman–Crippen LogP) is 4.95. The largest absolute Gasteiger partial charge is 0.192 e. The second-order valence-electron chi connectivity index (χ2n) is 6.72. The van der Waals surface area contributed by atoms with E-state index in [0.717, 1.165) is 5.56 Å². The first-order chi connectivity index (χ1) is 9.22. The van der Waals surface area contributed by atoms with Crippen molar-refractivity contribution in [3.8, 4) is 6.07 Å². The minimum Gasteiger partial charge on any atom is -0.192 e. The van der Waals surface area contributed by atoms with Crippen LogP contribution in [0.5, 0.6) is 0 Å². The van der Waals surface area contributed by atoms with Crippen LogP contribution in [0.3, 0.4) is 0 Å². The molecule has 1 aromatic carbocycles. The summed E-state index contributed by atoms with van der Waals surface area (Å²) < 4.78 is 0. The Morgan fingerprint density at radius 1 is 1.00 bits per heavy atom. The van der Waals surface area contributed by atoms with Crippen LogP contribution < -0.4 is 0 Å². The SMILES string of the molecule is CCCC12CCC(c3ccc(C#N)cc3)(CC1)CC2. The van der Waals surface area contributed by atoms with Gasteiger partial charge in [-0.2, -0.15) is 5.26 Å². The lowest BCUT2D eigenvalue weighted by Gasteiger charge is -2.54. The summed E-state index contributed by atoms with van der Waals surface area (Å²) in [7, 11) is 0. The Morgan fingerprint density at radius 2 is 1.58 bits per heavy atom. The van der Waals surface area contributed by atoms with Crippen molar-refractivity contribution in [3.05, 3.63) is 35.4 Å². The van der Waals surface area contributed by atoms with Crippen LogP contribution >= 0.6 is 0 Å². The van der Waals surface area contributed by atoms with Gasteiger partial charge in [0.15, 0.2) is 0 Å². The van der Waals surface area contributed by atoms with E-state index in [9.17, 15) is 0 Å². The fourth-order valence-corrected chi connectivity index (χ4v) is 4.50. The maximum atomic E-state index is 8.91. The van der Waals surface area contributed by atoms with Crippen LogP contribution in [0, 0.1) is 16.7 Å². The normalized spacial score (nSPS) is 33.1. The lowest BCUT2D eigenvalue weighted by atomic mass is 9.51. The average molecular weight is 253 g/mol. The van der Waals surface area contributed by atoms with Crippen molar-refractivity contribution in [2.24, 2.45) is 5.41 Å². The molecule has 0 unspecified atom stereocenters. The van der Waals surface area contributed by atoms with Gasteiger partial charge in [-0.1, -0.05) is 25.5 Å². The Morgan fingerprint density at radius 3 is 2.05 bits per heavy atom. The first-order valence-electron chi connectivity index (χ1n) is 7.73. The van der Waals surface area contributed by atoms with Crippen LogP contribution in [0.2, 0.25) is 0 Å². The molecule has 3 aliphatic carbocycles. The minimum absolute atomic E-state index is 0.434. The molecule has 3 saturated carbocycles. The van der Waals surface area contributed by atoms with Gasteiger partial charge >= 0.3 is 0 Å². The van der Waals surface area contributed by atoms with Crippen molar-refractivity contribution >= 4 is 0 Å². The number of nitriles is 1. The van der Waals surface area contributed by atoms with Gasteiger partial charge < -0.3 is 0 Å². The van der Waals surface area contributed by atoms with E-state index >= 15 is 0 Å². The predicted molar refractivity (Wildman–Crippen MR) is 77.9 cm³/mol. The Bertz CT molecular complexity index is 467. The van der Waals surface area contributed by atoms with Crippen LogP contribution in [-0.4, -0.2) is 0 Å². The summed E-state index contributed by atoms with van der Waals surface area (Å²) in [5, 5.41) is 8.91. The molecule has 3 aliphatic rings. The van der Waals surface area contributed by atoms with Crippen molar-refractivity contribution in [2.45, 2.75) is 63.7 Å². The van der Waals surface area contributed by atoms with Crippen LogP contribution in [0.15, 0.2) is 24.3 Å². The zero-order valence-corrected chi connectivity index (χ0v) is 11.9. The zero-order valence-electron chi connectivity index (χ0n) is 11.9. The van der Waals surface area contributed by atoms with Gasteiger partial charge in [0.2, 0.25) is 0 Å². The molecule has 4 rings (SSSR count). The Balaban J connectivity index is 1.81. The number of hydrogen-bond donors (Lipinski definition) is 0. The van der Waals surface area contributed by atoms with Crippen LogP contribution in [-0.2, 0) is 5.41 Å². The molecule has 1 aromatic rings. The molecule has 100 valence electrons. The fraction of sp³-hybridized carbons (Fsp3) is 0.611. The molecular formula is C18H23N. The molecule has 0 amide bonds. The highest BCUT2D eigenvalue weighted by atomic mass is 14.5. The monoisotopic (exact) mass is 253 g/mol. The standard InChI is InChI=1S/C18H23N/c1-2-7-17-8-11-18(12-9-17,13-10-17)16-5-3-15(14-19)4-6-16/h3-6H,2,7-13H2,1H3. The molecule has 1 nitrogen and oxygen atoms in total. The Hall–Kier alpha value is -1.29. The second-order valence-corrected chi connectivity index (χ2v) is 6.72. The van der Waals surface area contributed by atoms with Gasteiger partial charge in [0.05, 0.1) is 11.6 Å². The number of rotatable bonds is 3.